The number of nitrogens with zero attached hydrogens (tertiary/aromatic N) is 2. The molecular weight excluding hydrogens is 498 g/mol. The first kappa shape index (κ1) is 28.9. The molecule has 3 aromatic rings. The van der Waals surface area contributed by atoms with E-state index >= 15 is 0 Å². The highest BCUT2D eigenvalue weighted by molar-refractivity contribution is 7.92. The molecule has 0 aliphatic heterocycles. The Bertz CT molecular complexity index is 1250. The maximum Gasteiger partial charge on any atom is 0.243 e. The number of carbonyl (C=O) groups excluding carboxylic acids is 2. The SMILES string of the molecule is CCCNC(=O)[C@H](Cc1ccccc1)N(Cc1ccccc1)C(=O)CCCN(c1ccccc1)S(C)(=O)=O. The van der Waals surface area contributed by atoms with E-state index in [9.17, 15) is 18.0 Å². The van der Waals surface area contributed by atoms with Crippen LogP contribution in [-0.2, 0) is 32.6 Å². The lowest BCUT2D eigenvalue weighted by Crippen LogP contribution is -2.50. The van der Waals surface area contributed by atoms with E-state index in [0.717, 1.165) is 23.8 Å². The van der Waals surface area contributed by atoms with Crippen molar-refractivity contribution in [2.45, 2.75) is 45.2 Å². The smallest absolute Gasteiger partial charge is 0.243 e. The van der Waals surface area contributed by atoms with Crippen molar-refractivity contribution in [2.24, 2.45) is 0 Å². The number of amides is 2. The van der Waals surface area contributed by atoms with Crippen LogP contribution in [-0.4, -0.2) is 50.5 Å². The number of anilines is 1. The summed E-state index contributed by atoms with van der Waals surface area (Å²) < 4.78 is 26.2. The van der Waals surface area contributed by atoms with E-state index in [-0.39, 0.29) is 31.3 Å². The van der Waals surface area contributed by atoms with Gasteiger partial charge in [-0.05, 0) is 36.1 Å². The zero-order valence-electron chi connectivity index (χ0n) is 22.1. The van der Waals surface area contributed by atoms with E-state index in [1.165, 1.54) is 4.31 Å². The highest BCUT2D eigenvalue weighted by Crippen LogP contribution is 2.20. The van der Waals surface area contributed by atoms with Crippen LogP contribution in [0.1, 0.15) is 37.3 Å². The second-order valence-corrected chi connectivity index (χ2v) is 11.2. The van der Waals surface area contributed by atoms with Gasteiger partial charge in [0.2, 0.25) is 21.8 Å². The van der Waals surface area contributed by atoms with Crippen LogP contribution in [0.25, 0.3) is 0 Å². The van der Waals surface area contributed by atoms with Crippen molar-refractivity contribution in [2.75, 3.05) is 23.7 Å². The lowest BCUT2D eigenvalue weighted by atomic mass is 10.0. The van der Waals surface area contributed by atoms with E-state index < -0.39 is 16.1 Å². The average Bonchev–Trinajstić information content (AvgIpc) is 2.92. The highest BCUT2D eigenvalue weighted by atomic mass is 32.2. The van der Waals surface area contributed by atoms with Crippen LogP contribution >= 0.6 is 0 Å². The molecule has 202 valence electrons. The maximum atomic E-state index is 13.7. The Labute approximate surface area is 226 Å². The molecule has 0 unspecified atom stereocenters. The van der Waals surface area contributed by atoms with Gasteiger partial charge in [0.1, 0.15) is 6.04 Å². The number of para-hydroxylation sites is 1. The van der Waals surface area contributed by atoms with Gasteiger partial charge in [-0.3, -0.25) is 13.9 Å². The van der Waals surface area contributed by atoms with Gasteiger partial charge in [-0.15, -0.1) is 0 Å². The maximum absolute atomic E-state index is 13.7. The number of hydrogen-bond donors (Lipinski definition) is 1. The van der Waals surface area contributed by atoms with E-state index in [2.05, 4.69) is 5.32 Å². The van der Waals surface area contributed by atoms with Gasteiger partial charge in [0.15, 0.2) is 0 Å². The summed E-state index contributed by atoms with van der Waals surface area (Å²) >= 11 is 0. The fourth-order valence-electron chi connectivity index (χ4n) is 4.30. The van der Waals surface area contributed by atoms with Gasteiger partial charge in [-0.1, -0.05) is 85.8 Å². The van der Waals surface area contributed by atoms with Crippen LogP contribution in [0.5, 0.6) is 0 Å². The minimum Gasteiger partial charge on any atom is -0.354 e. The molecule has 0 aliphatic carbocycles. The molecule has 38 heavy (non-hydrogen) atoms. The predicted molar refractivity (Wildman–Crippen MR) is 152 cm³/mol. The third kappa shape index (κ3) is 8.73. The summed E-state index contributed by atoms with van der Waals surface area (Å²) in [7, 11) is -3.52. The summed E-state index contributed by atoms with van der Waals surface area (Å²) in [6.45, 7) is 2.96. The monoisotopic (exact) mass is 535 g/mol. The van der Waals surface area contributed by atoms with Gasteiger partial charge < -0.3 is 10.2 Å². The Kier molecular flexibility index (Phi) is 10.9. The Morgan fingerprint density at radius 3 is 1.95 bits per heavy atom. The Hall–Kier alpha value is -3.65. The van der Waals surface area contributed by atoms with Crippen molar-refractivity contribution < 1.29 is 18.0 Å². The molecule has 3 aromatic carbocycles. The second kappa shape index (κ2) is 14.3. The van der Waals surface area contributed by atoms with Gasteiger partial charge in [-0.2, -0.15) is 0 Å². The molecule has 0 saturated heterocycles. The van der Waals surface area contributed by atoms with E-state index in [1.807, 2.05) is 73.7 Å². The third-order valence-corrected chi connectivity index (χ3v) is 7.41. The normalized spacial score (nSPS) is 11.9. The van der Waals surface area contributed by atoms with E-state index in [1.54, 1.807) is 29.2 Å². The summed E-state index contributed by atoms with van der Waals surface area (Å²) in [5.41, 5.74) is 2.44. The molecular formula is C30H37N3O4S. The Balaban J connectivity index is 1.83. The largest absolute Gasteiger partial charge is 0.354 e. The summed E-state index contributed by atoms with van der Waals surface area (Å²) in [5, 5.41) is 2.97. The Morgan fingerprint density at radius 1 is 0.842 bits per heavy atom. The van der Waals surface area contributed by atoms with Gasteiger partial charge >= 0.3 is 0 Å². The number of rotatable bonds is 14. The molecule has 0 saturated carbocycles. The molecule has 1 atom stereocenters. The van der Waals surface area contributed by atoms with E-state index in [0.29, 0.717) is 25.1 Å². The van der Waals surface area contributed by atoms with Crippen LogP contribution in [0.15, 0.2) is 91.0 Å². The highest BCUT2D eigenvalue weighted by Gasteiger charge is 2.30. The molecule has 7 nitrogen and oxygen atoms in total. The van der Waals surface area contributed by atoms with E-state index in [4.69, 9.17) is 0 Å². The van der Waals surface area contributed by atoms with Crippen LogP contribution < -0.4 is 9.62 Å². The van der Waals surface area contributed by atoms with Crippen molar-refractivity contribution in [3.8, 4) is 0 Å². The van der Waals surface area contributed by atoms with Gasteiger partial charge in [0.25, 0.3) is 0 Å². The molecule has 8 heteroatoms. The lowest BCUT2D eigenvalue weighted by molar-refractivity contribution is -0.141. The third-order valence-electron chi connectivity index (χ3n) is 6.21. The zero-order chi connectivity index (χ0) is 27.4. The standard InChI is InChI=1S/C30H37N3O4S/c1-3-21-31-30(35)28(23-25-14-7-4-8-15-25)32(24-26-16-9-5-10-17-26)29(34)20-13-22-33(38(2,36)37)27-18-11-6-12-19-27/h4-12,14-19,28H,3,13,20-24H2,1-2H3,(H,31,35)/t28-/m0/s1. The first-order valence-corrected chi connectivity index (χ1v) is 14.8. The van der Waals surface area contributed by atoms with Crippen LogP contribution in [0.2, 0.25) is 0 Å². The summed E-state index contributed by atoms with van der Waals surface area (Å²) in [6, 6.07) is 27.4. The quantitative estimate of drug-likeness (QED) is 0.332. The molecule has 0 spiro atoms. The zero-order valence-corrected chi connectivity index (χ0v) is 22.9. The fourth-order valence-corrected chi connectivity index (χ4v) is 5.26. The number of hydrogen-bond acceptors (Lipinski definition) is 4. The number of nitrogens with one attached hydrogen (secondary N) is 1. The van der Waals surface area contributed by atoms with Crippen LogP contribution in [0, 0.1) is 0 Å². The number of carbonyl (C=O) groups is 2. The van der Waals surface area contributed by atoms with Crippen molar-refractivity contribution in [1.82, 2.24) is 10.2 Å². The first-order valence-electron chi connectivity index (χ1n) is 13.0. The molecule has 2 amide bonds. The van der Waals surface area contributed by atoms with Crippen molar-refractivity contribution in [1.29, 1.82) is 0 Å². The Morgan fingerprint density at radius 2 is 1.39 bits per heavy atom. The second-order valence-electron chi connectivity index (χ2n) is 9.28. The minimum atomic E-state index is -3.52. The molecule has 0 heterocycles. The molecule has 0 aromatic heterocycles. The lowest BCUT2D eigenvalue weighted by Gasteiger charge is -2.32. The predicted octanol–water partition coefficient (Wildman–Crippen LogP) is 4.40. The number of benzene rings is 3. The topological polar surface area (TPSA) is 86.8 Å². The number of sulfonamides is 1. The van der Waals surface area contributed by atoms with Crippen LogP contribution in [0.3, 0.4) is 0 Å². The molecule has 3 rings (SSSR count). The molecule has 1 N–H and O–H groups in total. The average molecular weight is 536 g/mol. The summed E-state index contributed by atoms with van der Waals surface area (Å²) in [4.78, 5) is 28.7. The fraction of sp³-hybridized carbons (Fsp3) is 0.333. The molecule has 0 bridgehead atoms. The van der Waals surface area contributed by atoms with Crippen LogP contribution in [0.4, 0.5) is 5.69 Å². The molecule has 0 radical (unpaired) electrons. The van der Waals surface area contributed by atoms with Crippen molar-refractivity contribution >= 4 is 27.5 Å². The molecule has 0 fully saturated rings. The first-order chi connectivity index (χ1) is 18.3. The summed E-state index contributed by atoms with van der Waals surface area (Å²) in [6.07, 6.45) is 2.77. The molecule has 0 aliphatic rings. The summed E-state index contributed by atoms with van der Waals surface area (Å²) in [5.74, 6) is -0.384. The van der Waals surface area contributed by atoms with Gasteiger partial charge in [-0.25, -0.2) is 8.42 Å². The van der Waals surface area contributed by atoms with Crippen molar-refractivity contribution in [3.05, 3.63) is 102 Å². The van der Waals surface area contributed by atoms with Gasteiger partial charge in [0, 0.05) is 32.5 Å². The van der Waals surface area contributed by atoms with Crippen molar-refractivity contribution in [3.63, 3.8) is 0 Å². The van der Waals surface area contributed by atoms with Gasteiger partial charge in [0.05, 0.1) is 11.9 Å². The minimum absolute atomic E-state index is 0.109.